The Morgan fingerprint density at radius 1 is 1.43 bits per heavy atom. The molecule has 0 aromatic carbocycles. The molecule has 0 fully saturated rings. The van der Waals surface area contributed by atoms with Crippen LogP contribution in [0.4, 0.5) is 4.79 Å². The van der Waals surface area contributed by atoms with Gasteiger partial charge in [-0.3, -0.25) is 0 Å². The Bertz CT molecular complexity index is 250. The first kappa shape index (κ1) is 12.8. The van der Waals surface area contributed by atoms with E-state index >= 15 is 0 Å². The van der Waals surface area contributed by atoms with E-state index in [1.54, 1.807) is 27.7 Å². The third-order valence-corrected chi connectivity index (χ3v) is 1.73. The van der Waals surface area contributed by atoms with Gasteiger partial charge in [0.15, 0.2) is 0 Å². The van der Waals surface area contributed by atoms with Crippen molar-refractivity contribution in [2.75, 3.05) is 0 Å². The van der Waals surface area contributed by atoms with Gasteiger partial charge in [-0.25, -0.2) is 4.79 Å². The minimum atomic E-state index is -0.845. The van der Waals surface area contributed by atoms with Gasteiger partial charge in [-0.1, -0.05) is 6.92 Å². The largest absolute Gasteiger partial charge is 0.444 e. The minimum absolute atomic E-state index is 0.534. The van der Waals surface area contributed by atoms with Crippen molar-refractivity contribution in [1.29, 1.82) is 5.26 Å². The molecule has 0 bridgehead atoms. The number of hydrogen-bond acceptors (Lipinski definition) is 3. The number of alkyl carbamates (subject to hydrolysis) is 1. The monoisotopic (exact) mass is 198 g/mol. The maximum atomic E-state index is 11.3. The van der Waals surface area contributed by atoms with Gasteiger partial charge in [0, 0.05) is 0 Å². The fraction of sp³-hybridized carbons (Fsp3) is 0.800. The number of nitriles is 1. The molecule has 0 aliphatic rings. The quantitative estimate of drug-likeness (QED) is 0.739. The van der Waals surface area contributed by atoms with E-state index in [1.807, 2.05) is 13.0 Å². The van der Waals surface area contributed by atoms with Gasteiger partial charge in [0.25, 0.3) is 0 Å². The summed E-state index contributed by atoms with van der Waals surface area (Å²) in [6.07, 6.45) is -0.00802. The van der Waals surface area contributed by atoms with Crippen LogP contribution in [0, 0.1) is 11.3 Å². The van der Waals surface area contributed by atoms with Gasteiger partial charge < -0.3 is 10.1 Å². The molecule has 0 saturated heterocycles. The van der Waals surface area contributed by atoms with Crippen molar-refractivity contribution in [1.82, 2.24) is 5.32 Å². The van der Waals surface area contributed by atoms with Crippen LogP contribution in [-0.2, 0) is 4.74 Å². The number of amides is 1. The summed E-state index contributed by atoms with van der Waals surface area (Å²) < 4.78 is 5.04. The smallest absolute Gasteiger partial charge is 0.408 e. The second kappa shape index (κ2) is 4.32. The van der Waals surface area contributed by atoms with Crippen LogP contribution in [-0.4, -0.2) is 17.2 Å². The van der Waals surface area contributed by atoms with E-state index in [0.29, 0.717) is 6.42 Å². The van der Waals surface area contributed by atoms with Crippen LogP contribution < -0.4 is 5.32 Å². The zero-order valence-corrected chi connectivity index (χ0v) is 9.47. The molecule has 1 N–H and O–H groups in total. The highest BCUT2D eigenvalue weighted by Gasteiger charge is 2.26. The maximum Gasteiger partial charge on any atom is 0.408 e. The summed E-state index contributed by atoms with van der Waals surface area (Å²) in [5, 5.41) is 11.3. The Balaban J connectivity index is 4.27. The molecule has 0 saturated carbocycles. The summed E-state index contributed by atoms with van der Waals surface area (Å²) in [5.41, 5.74) is -1.38. The fourth-order valence-corrected chi connectivity index (χ4v) is 0.724. The van der Waals surface area contributed by atoms with E-state index in [-0.39, 0.29) is 0 Å². The van der Waals surface area contributed by atoms with Crippen LogP contribution in [0.2, 0.25) is 0 Å². The number of rotatable bonds is 2. The summed E-state index contributed by atoms with van der Waals surface area (Å²) in [5.74, 6) is 0. The molecule has 1 atom stereocenters. The predicted molar refractivity (Wildman–Crippen MR) is 53.7 cm³/mol. The van der Waals surface area contributed by atoms with Crippen molar-refractivity contribution in [3.63, 3.8) is 0 Å². The zero-order chi connectivity index (χ0) is 11.4. The standard InChI is InChI=1S/C10H18N2O2/c1-6-10(5,7-11)12-8(13)14-9(2,3)4/h6H2,1-5H3,(H,12,13)/t10-/m1/s1. The molecule has 0 rings (SSSR count). The van der Waals surface area contributed by atoms with Crippen LogP contribution in [0.15, 0.2) is 0 Å². The maximum absolute atomic E-state index is 11.3. The Kier molecular flexibility index (Phi) is 3.93. The highest BCUT2D eigenvalue weighted by molar-refractivity contribution is 5.69. The van der Waals surface area contributed by atoms with Gasteiger partial charge >= 0.3 is 6.09 Å². The summed E-state index contributed by atoms with van der Waals surface area (Å²) >= 11 is 0. The molecular formula is C10H18N2O2. The normalized spacial score (nSPS) is 15.1. The molecule has 4 heteroatoms. The topological polar surface area (TPSA) is 62.1 Å². The lowest BCUT2D eigenvalue weighted by atomic mass is 10.0. The summed E-state index contributed by atoms with van der Waals surface area (Å²) in [6, 6.07) is 2.03. The van der Waals surface area contributed by atoms with Crippen molar-refractivity contribution in [3.8, 4) is 6.07 Å². The lowest BCUT2D eigenvalue weighted by Gasteiger charge is -2.25. The van der Waals surface area contributed by atoms with Crippen molar-refractivity contribution in [2.45, 2.75) is 52.2 Å². The second-order valence-corrected chi connectivity index (χ2v) is 4.42. The van der Waals surface area contributed by atoms with Crippen molar-refractivity contribution >= 4 is 6.09 Å². The number of carbonyl (C=O) groups is 1. The SMILES string of the molecule is CC[C@](C)(C#N)NC(=O)OC(C)(C)C. The van der Waals surface area contributed by atoms with Crippen LogP contribution in [0.25, 0.3) is 0 Å². The minimum Gasteiger partial charge on any atom is -0.444 e. The third kappa shape index (κ3) is 4.70. The Morgan fingerprint density at radius 3 is 2.21 bits per heavy atom. The zero-order valence-electron chi connectivity index (χ0n) is 9.47. The van der Waals surface area contributed by atoms with E-state index in [4.69, 9.17) is 10.00 Å². The van der Waals surface area contributed by atoms with Crippen LogP contribution in [0.3, 0.4) is 0 Å². The van der Waals surface area contributed by atoms with E-state index < -0.39 is 17.2 Å². The average molecular weight is 198 g/mol. The molecule has 0 radical (unpaired) electrons. The second-order valence-electron chi connectivity index (χ2n) is 4.42. The molecule has 0 aliphatic heterocycles. The van der Waals surface area contributed by atoms with Gasteiger partial charge in [-0.2, -0.15) is 5.26 Å². The Labute approximate surface area is 85.2 Å². The first-order valence-corrected chi connectivity index (χ1v) is 4.65. The van der Waals surface area contributed by atoms with Crippen LogP contribution in [0.5, 0.6) is 0 Å². The van der Waals surface area contributed by atoms with Gasteiger partial charge in [-0.15, -0.1) is 0 Å². The Hall–Kier alpha value is -1.24. The predicted octanol–water partition coefficient (Wildman–Crippen LogP) is 2.20. The molecule has 0 aromatic heterocycles. The Morgan fingerprint density at radius 2 is 1.93 bits per heavy atom. The van der Waals surface area contributed by atoms with E-state index in [2.05, 4.69) is 5.32 Å². The molecule has 80 valence electrons. The summed E-state index contributed by atoms with van der Waals surface area (Å²) in [7, 11) is 0. The van der Waals surface area contributed by atoms with Gasteiger partial charge in [0.1, 0.15) is 11.1 Å². The number of nitrogens with zero attached hydrogens (tertiary/aromatic N) is 1. The van der Waals surface area contributed by atoms with Gasteiger partial charge in [0.05, 0.1) is 6.07 Å². The summed E-state index contributed by atoms with van der Waals surface area (Å²) in [6.45, 7) is 8.84. The lowest BCUT2D eigenvalue weighted by molar-refractivity contribution is 0.0485. The third-order valence-electron chi connectivity index (χ3n) is 1.73. The summed E-state index contributed by atoms with van der Waals surface area (Å²) in [4.78, 5) is 11.3. The van der Waals surface area contributed by atoms with Crippen molar-refractivity contribution in [2.24, 2.45) is 0 Å². The number of hydrogen-bond donors (Lipinski definition) is 1. The van der Waals surface area contributed by atoms with E-state index in [0.717, 1.165) is 0 Å². The number of nitrogens with one attached hydrogen (secondary N) is 1. The molecule has 0 unspecified atom stereocenters. The van der Waals surface area contributed by atoms with Crippen molar-refractivity contribution in [3.05, 3.63) is 0 Å². The number of carbonyl (C=O) groups excluding carboxylic acids is 1. The fourth-order valence-electron chi connectivity index (χ4n) is 0.724. The first-order valence-electron chi connectivity index (χ1n) is 4.65. The highest BCUT2D eigenvalue weighted by atomic mass is 16.6. The van der Waals surface area contributed by atoms with Crippen LogP contribution >= 0.6 is 0 Å². The van der Waals surface area contributed by atoms with Gasteiger partial charge in [0.2, 0.25) is 0 Å². The van der Waals surface area contributed by atoms with Gasteiger partial charge in [-0.05, 0) is 34.1 Å². The molecular weight excluding hydrogens is 180 g/mol. The lowest BCUT2D eigenvalue weighted by Crippen LogP contribution is -2.46. The van der Waals surface area contributed by atoms with Crippen LogP contribution in [0.1, 0.15) is 41.0 Å². The molecule has 0 heterocycles. The highest BCUT2D eigenvalue weighted by Crippen LogP contribution is 2.11. The molecule has 0 aliphatic carbocycles. The molecule has 0 spiro atoms. The van der Waals surface area contributed by atoms with E-state index in [1.165, 1.54) is 0 Å². The molecule has 1 amide bonds. The molecule has 14 heavy (non-hydrogen) atoms. The number of ether oxygens (including phenoxy) is 1. The van der Waals surface area contributed by atoms with Crippen molar-refractivity contribution < 1.29 is 9.53 Å². The molecule has 4 nitrogen and oxygen atoms in total. The molecule has 0 aromatic rings. The average Bonchev–Trinajstić information content (AvgIpc) is 2.00. The van der Waals surface area contributed by atoms with E-state index in [9.17, 15) is 4.79 Å². The first-order chi connectivity index (χ1) is 6.22.